The van der Waals surface area contributed by atoms with Crippen LogP contribution in [0.4, 0.5) is 22.0 Å². The van der Waals surface area contributed by atoms with Gasteiger partial charge in [0.25, 0.3) is 5.92 Å². The Labute approximate surface area is 88.3 Å². The van der Waals surface area contributed by atoms with Crippen molar-refractivity contribution in [3.63, 3.8) is 0 Å². The lowest BCUT2D eigenvalue weighted by molar-refractivity contribution is -0.137. The largest absolute Gasteiger partial charge is 0.416 e. The summed E-state index contributed by atoms with van der Waals surface area (Å²) >= 11 is 0. The zero-order valence-corrected chi connectivity index (χ0v) is 8.04. The zero-order valence-electron chi connectivity index (χ0n) is 8.04. The molecule has 6 heteroatoms. The lowest BCUT2D eigenvalue weighted by Gasteiger charge is -2.26. The predicted molar refractivity (Wildman–Crippen MR) is 47.0 cm³/mol. The van der Waals surface area contributed by atoms with Crippen LogP contribution >= 0.6 is 0 Å². The molecule has 0 spiro atoms. The SMILES string of the molecule is FC(F)(F)c1ccc2c(c1)CNCC2(F)F. The van der Waals surface area contributed by atoms with E-state index in [9.17, 15) is 22.0 Å². The molecule has 1 heterocycles. The summed E-state index contributed by atoms with van der Waals surface area (Å²) in [4.78, 5) is 0. The Balaban J connectivity index is 2.48. The molecule has 0 fully saturated rings. The van der Waals surface area contributed by atoms with Gasteiger partial charge in [-0.25, -0.2) is 0 Å². The number of alkyl halides is 5. The van der Waals surface area contributed by atoms with Crippen molar-refractivity contribution in [3.8, 4) is 0 Å². The molecule has 16 heavy (non-hydrogen) atoms. The predicted octanol–water partition coefficient (Wildman–Crippen LogP) is 2.90. The molecule has 88 valence electrons. The van der Waals surface area contributed by atoms with E-state index in [1.165, 1.54) is 0 Å². The van der Waals surface area contributed by atoms with E-state index in [0.29, 0.717) is 6.07 Å². The summed E-state index contributed by atoms with van der Waals surface area (Å²) in [5, 5.41) is 2.39. The molecule has 1 nitrogen and oxygen atoms in total. The Morgan fingerprint density at radius 1 is 1.19 bits per heavy atom. The van der Waals surface area contributed by atoms with E-state index in [2.05, 4.69) is 5.32 Å². The minimum Gasteiger partial charge on any atom is -0.307 e. The van der Waals surface area contributed by atoms with Gasteiger partial charge in [-0.1, -0.05) is 6.07 Å². The van der Waals surface area contributed by atoms with Gasteiger partial charge >= 0.3 is 6.18 Å². The summed E-state index contributed by atoms with van der Waals surface area (Å²) in [6.07, 6.45) is -4.50. The molecule has 0 bridgehead atoms. The van der Waals surface area contributed by atoms with Crippen molar-refractivity contribution in [1.82, 2.24) is 5.32 Å². The van der Waals surface area contributed by atoms with Gasteiger partial charge in [-0.3, -0.25) is 0 Å². The molecule has 1 aromatic carbocycles. The monoisotopic (exact) mass is 237 g/mol. The van der Waals surface area contributed by atoms with Gasteiger partial charge < -0.3 is 5.32 Å². The highest BCUT2D eigenvalue weighted by molar-refractivity contribution is 5.37. The van der Waals surface area contributed by atoms with Crippen LogP contribution in [0.1, 0.15) is 16.7 Å². The third kappa shape index (κ3) is 1.89. The van der Waals surface area contributed by atoms with Gasteiger partial charge in [0.05, 0.1) is 12.1 Å². The van der Waals surface area contributed by atoms with Crippen LogP contribution in [-0.2, 0) is 18.6 Å². The number of nitrogens with one attached hydrogen (secondary N) is 1. The van der Waals surface area contributed by atoms with Crippen LogP contribution in [0.2, 0.25) is 0 Å². The number of hydrogen-bond donors (Lipinski definition) is 1. The van der Waals surface area contributed by atoms with Gasteiger partial charge in [0.1, 0.15) is 0 Å². The molecular weight excluding hydrogens is 229 g/mol. The van der Waals surface area contributed by atoms with Crippen molar-refractivity contribution in [2.24, 2.45) is 0 Å². The summed E-state index contributed by atoms with van der Waals surface area (Å²) < 4.78 is 63.6. The summed E-state index contributed by atoms with van der Waals surface area (Å²) in [5.41, 5.74) is -1.21. The van der Waals surface area contributed by atoms with Gasteiger partial charge in [0.15, 0.2) is 0 Å². The first-order valence-electron chi connectivity index (χ1n) is 4.60. The van der Waals surface area contributed by atoms with Crippen molar-refractivity contribution < 1.29 is 22.0 Å². The van der Waals surface area contributed by atoms with Crippen LogP contribution < -0.4 is 5.32 Å². The van der Waals surface area contributed by atoms with E-state index in [1.54, 1.807) is 0 Å². The Morgan fingerprint density at radius 3 is 2.50 bits per heavy atom. The van der Waals surface area contributed by atoms with E-state index in [4.69, 9.17) is 0 Å². The van der Waals surface area contributed by atoms with E-state index in [0.717, 1.165) is 12.1 Å². The minimum absolute atomic E-state index is 0.00563. The molecule has 0 amide bonds. The molecule has 0 radical (unpaired) electrons. The van der Waals surface area contributed by atoms with Crippen LogP contribution in [0.15, 0.2) is 18.2 Å². The number of fused-ring (bicyclic) bond motifs is 1. The van der Waals surface area contributed by atoms with Crippen molar-refractivity contribution in [3.05, 3.63) is 34.9 Å². The number of halogens is 5. The first kappa shape index (κ1) is 11.3. The summed E-state index contributed by atoms with van der Waals surface area (Å²) in [6, 6.07) is 2.33. The van der Waals surface area contributed by atoms with Gasteiger partial charge in [0, 0.05) is 12.1 Å². The molecule has 0 aliphatic carbocycles. The Kier molecular flexibility index (Phi) is 2.41. The summed E-state index contributed by atoms with van der Waals surface area (Å²) in [6.45, 7) is -0.500. The summed E-state index contributed by atoms with van der Waals surface area (Å²) in [5.74, 6) is -3.10. The van der Waals surface area contributed by atoms with Gasteiger partial charge in [-0.2, -0.15) is 22.0 Å². The molecule has 0 atom stereocenters. The highest BCUT2D eigenvalue weighted by Gasteiger charge is 2.38. The fourth-order valence-electron chi connectivity index (χ4n) is 1.72. The molecule has 1 aliphatic heterocycles. The van der Waals surface area contributed by atoms with Crippen molar-refractivity contribution in [2.75, 3.05) is 6.54 Å². The standard InChI is InChI=1S/C10H8F5N/c11-9(12)5-16-4-6-3-7(10(13,14)15)1-2-8(6)9/h1-3,16H,4-5H2. The van der Waals surface area contributed by atoms with E-state index in [1.807, 2.05) is 0 Å². The molecule has 1 N–H and O–H groups in total. The molecule has 0 aromatic heterocycles. The van der Waals surface area contributed by atoms with Crippen LogP contribution in [0.3, 0.4) is 0 Å². The normalized spacial score (nSPS) is 19.3. The second-order valence-corrected chi connectivity index (χ2v) is 3.68. The average molecular weight is 237 g/mol. The fourth-order valence-corrected chi connectivity index (χ4v) is 1.72. The van der Waals surface area contributed by atoms with Gasteiger partial charge in [0.2, 0.25) is 0 Å². The Morgan fingerprint density at radius 2 is 1.88 bits per heavy atom. The van der Waals surface area contributed by atoms with Crippen LogP contribution in [-0.4, -0.2) is 6.54 Å². The van der Waals surface area contributed by atoms with Crippen LogP contribution in [0, 0.1) is 0 Å². The van der Waals surface area contributed by atoms with Gasteiger partial charge in [-0.05, 0) is 17.7 Å². The third-order valence-electron chi connectivity index (χ3n) is 2.49. The average Bonchev–Trinajstić information content (AvgIpc) is 2.15. The lowest BCUT2D eigenvalue weighted by Crippen LogP contribution is -2.36. The van der Waals surface area contributed by atoms with E-state index in [-0.39, 0.29) is 17.7 Å². The maximum atomic E-state index is 13.3. The van der Waals surface area contributed by atoms with Crippen molar-refractivity contribution in [2.45, 2.75) is 18.6 Å². The van der Waals surface area contributed by atoms with Crippen molar-refractivity contribution in [1.29, 1.82) is 0 Å². The van der Waals surface area contributed by atoms with Crippen molar-refractivity contribution >= 4 is 0 Å². The fraction of sp³-hybridized carbons (Fsp3) is 0.400. The number of hydrogen-bond acceptors (Lipinski definition) is 1. The Hall–Kier alpha value is -1.17. The maximum Gasteiger partial charge on any atom is 0.416 e. The quantitative estimate of drug-likeness (QED) is 0.684. The Bertz CT molecular complexity index is 410. The third-order valence-corrected chi connectivity index (χ3v) is 2.49. The van der Waals surface area contributed by atoms with E-state index >= 15 is 0 Å². The smallest absolute Gasteiger partial charge is 0.307 e. The number of rotatable bonds is 0. The second-order valence-electron chi connectivity index (χ2n) is 3.68. The second kappa shape index (κ2) is 3.41. The molecule has 0 unspecified atom stereocenters. The van der Waals surface area contributed by atoms with E-state index < -0.39 is 24.2 Å². The molecule has 1 aromatic rings. The molecule has 2 rings (SSSR count). The number of benzene rings is 1. The molecule has 0 saturated heterocycles. The first-order chi connectivity index (χ1) is 7.31. The highest BCUT2D eigenvalue weighted by atomic mass is 19.4. The topological polar surface area (TPSA) is 12.0 Å². The van der Waals surface area contributed by atoms with Crippen LogP contribution in [0.5, 0.6) is 0 Å². The minimum atomic E-state index is -4.50. The molecule has 1 aliphatic rings. The molecule has 0 saturated carbocycles. The zero-order chi connectivity index (χ0) is 12.0. The maximum absolute atomic E-state index is 13.3. The highest BCUT2D eigenvalue weighted by Crippen LogP contribution is 2.37. The van der Waals surface area contributed by atoms with Gasteiger partial charge in [-0.15, -0.1) is 0 Å². The lowest BCUT2D eigenvalue weighted by atomic mass is 9.95. The summed E-state index contributed by atoms with van der Waals surface area (Å²) in [7, 11) is 0. The molecular formula is C10H8F5N. The first-order valence-corrected chi connectivity index (χ1v) is 4.60. The van der Waals surface area contributed by atoms with Crippen LogP contribution in [0.25, 0.3) is 0 Å².